The van der Waals surface area contributed by atoms with Crippen molar-refractivity contribution in [2.45, 2.75) is 45.3 Å². The van der Waals surface area contributed by atoms with Crippen molar-refractivity contribution in [2.24, 2.45) is 0 Å². The van der Waals surface area contributed by atoms with Crippen LogP contribution in [-0.2, 0) is 6.61 Å². The van der Waals surface area contributed by atoms with E-state index in [9.17, 15) is 0 Å². The van der Waals surface area contributed by atoms with Gasteiger partial charge in [0, 0.05) is 12.0 Å². The number of rotatable bonds is 3. The Morgan fingerprint density at radius 3 is 2.69 bits per heavy atom. The number of oxazole rings is 1. The van der Waals surface area contributed by atoms with E-state index in [-0.39, 0.29) is 6.61 Å². The first-order chi connectivity index (χ1) is 7.70. The van der Waals surface area contributed by atoms with E-state index in [4.69, 9.17) is 9.52 Å². The molecule has 0 radical (unpaired) electrons. The van der Waals surface area contributed by atoms with E-state index in [1.54, 1.807) is 6.26 Å². The van der Waals surface area contributed by atoms with Crippen LogP contribution in [0.1, 0.15) is 44.2 Å². The summed E-state index contributed by atoms with van der Waals surface area (Å²) in [6.07, 6.45) is 3.76. The second-order valence-corrected chi connectivity index (χ2v) is 4.74. The van der Waals surface area contributed by atoms with Crippen LogP contribution in [-0.4, -0.2) is 34.1 Å². The Balaban J connectivity index is 1.93. The number of aromatic nitrogens is 1. The molecule has 16 heavy (non-hydrogen) atoms. The zero-order valence-corrected chi connectivity index (χ0v) is 10.0. The smallest absolute Gasteiger partial charge is 0.197 e. The first-order valence-corrected chi connectivity index (χ1v) is 6.00. The molecule has 1 aliphatic heterocycles. The summed E-state index contributed by atoms with van der Waals surface area (Å²) in [4.78, 5) is 6.77. The fourth-order valence-corrected chi connectivity index (χ4v) is 2.25. The van der Waals surface area contributed by atoms with E-state index in [0.29, 0.717) is 17.7 Å². The van der Waals surface area contributed by atoms with Crippen LogP contribution < -0.4 is 0 Å². The molecule has 0 aromatic carbocycles. The van der Waals surface area contributed by atoms with Gasteiger partial charge in [0.05, 0.1) is 6.61 Å². The number of likely N-dealkylation sites (tertiary alicyclic amines) is 1. The van der Waals surface area contributed by atoms with Gasteiger partial charge in [-0.15, -0.1) is 0 Å². The summed E-state index contributed by atoms with van der Waals surface area (Å²) < 4.78 is 5.40. The summed E-state index contributed by atoms with van der Waals surface area (Å²) in [5, 5.41) is 8.93. The van der Waals surface area contributed by atoms with Gasteiger partial charge in [0.15, 0.2) is 5.89 Å². The van der Waals surface area contributed by atoms with Crippen molar-refractivity contribution in [2.75, 3.05) is 13.1 Å². The highest BCUT2D eigenvalue weighted by Crippen LogP contribution is 2.28. The van der Waals surface area contributed by atoms with Crippen LogP contribution in [0.3, 0.4) is 0 Å². The van der Waals surface area contributed by atoms with Gasteiger partial charge in [0.2, 0.25) is 0 Å². The van der Waals surface area contributed by atoms with Gasteiger partial charge in [-0.2, -0.15) is 0 Å². The fraction of sp³-hybridized carbons (Fsp3) is 0.750. The van der Waals surface area contributed by atoms with E-state index in [0.717, 1.165) is 31.8 Å². The van der Waals surface area contributed by atoms with Crippen LogP contribution in [0.4, 0.5) is 0 Å². The van der Waals surface area contributed by atoms with Crippen molar-refractivity contribution in [1.29, 1.82) is 0 Å². The minimum Gasteiger partial charge on any atom is -0.448 e. The normalized spacial score (nSPS) is 19.5. The number of piperidine rings is 1. The third-order valence-corrected chi connectivity index (χ3v) is 3.34. The molecule has 0 aliphatic carbocycles. The molecule has 1 N–H and O–H groups in total. The highest BCUT2D eigenvalue weighted by atomic mass is 16.3. The lowest BCUT2D eigenvalue weighted by molar-refractivity contribution is 0.163. The Labute approximate surface area is 96.3 Å². The SMILES string of the molecule is CC(C)N1CCC(c2nc(CO)co2)CC1. The van der Waals surface area contributed by atoms with Crippen molar-refractivity contribution < 1.29 is 9.52 Å². The van der Waals surface area contributed by atoms with Crippen molar-refractivity contribution in [3.05, 3.63) is 17.8 Å². The molecule has 1 aromatic heterocycles. The monoisotopic (exact) mass is 224 g/mol. The largest absolute Gasteiger partial charge is 0.448 e. The molecule has 0 unspecified atom stereocenters. The van der Waals surface area contributed by atoms with Gasteiger partial charge in [-0.3, -0.25) is 0 Å². The quantitative estimate of drug-likeness (QED) is 0.850. The minimum absolute atomic E-state index is 0.0334. The summed E-state index contributed by atoms with van der Waals surface area (Å²) in [6.45, 7) is 6.65. The molecule has 0 spiro atoms. The average molecular weight is 224 g/mol. The van der Waals surface area contributed by atoms with Gasteiger partial charge in [0.25, 0.3) is 0 Å². The maximum Gasteiger partial charge on any atom is 0.197 e. The lowest BCUT2D eigenvalue weighted by Crippen LogP contribution is -2.37. The molecule has 2 rings (SSSR count). The molecule has 4 nitrogen and oxygen atoms in total. The Morgan fingerprint density at radius 1 is 1.50 bits per heavy atom. The zero-order chi connectivity index (χ0) is 11.5. The molecule has 1 saturated heterocycles. The van der Waals surface area contributed by atoms with Crippen LogP contribution in [0.25, 0.3) is 0 Å². The van der Waals surface area contributed by atoms with Gasteiger partial charge < -0.3 is 14.4 Å². The van der Waals surface area contributed by atoms with Crippen LogP contribution in [0, 0.1) is 0 Å². The minimum atomic E-state index is -0.0334. The summed E-state index contributed by atoms with van der Waals surface area (Å²) in [5.41, 5.74) is 0.640. The van der Waals surface area contributed by atoms with Gasteiger partial charge in [-0.1, -0.05) is 0 Å². The molecule has 1 aliphatic rings. The van der Waals surface area contributed by atoms with Gasteiger partial charge >= 0.3 is 0 Å². The van der Waals surface area contributed by atoms with Crippen LogP contribution in [0.15, 0.2) is 10.7 Å². The van der Waals surface area contributed by atoms with E-state index in [2.05, 4.69) is 23.7 Å². The van der Waals surface area contributed by atoms with E-state index < -0.39 is 0 Å². The third kappa shape index (κ3) is 2.44. The van der Waals surface area contributed by atoms with Crippen LogP contribution in [0.5, 0.6) is 0 Å². The summed E-state index contributed by atoms with van der Waals surface area (Å²) in [5.74, 6) is 1.22. The molecule has 0 atom stereocenters. The molecule has 0 amide bonds. The van der Waals surface area contributed by atoms with Crippen molar-refractivity contribution in [3.8, 4) is 0 Å². The maximum absolute atomic E-state index is 8.93. The van der Waals surface area contributed by atoms with E-state index in [1.165, 1.54) is 0 Å². The maximum atomic E-state index is 8.93. The lowest BCUT2D eigenvalue weighted by Gasteiger charge is -2.33. The molecular formula is C12H20N2O2. The third-order valence-electron chi connectivity index (χ3n) is 3.34. The van der Waals surface area contributed by atoms with Gasteiger partial charge in [-0.25, -0.2) is 4.98 Å². The number of aliphatic hydroxyl groups is 1. The van der Waals surface area contributed by atoms with Crippen LogP contribution >= 0.6 is 0 Å². The summed E-state index contributed by atoms with van der Waals surface area (Å²) in [6, 6.07) is 0.624. The Hall–Kier alpha value is -0.870. The predicted molar refractivity (Wildman–Crippen MR) is 61.1 cm³/mol. The predicted octanol–water partition coefficient (Wildman–Crippen LogP) is 1.75. The van der Waals surface area contributed by atoms with Crippen molar-refractivity contribution in [3.63, 3.8) is 0 Å². The van der Waals surface area contributed by atoms with E-state index >= 15 is 0 Å². The molecule has 2 heterocycles. The van der Waals surface area contributed by atoms with Crippen molar-refractivity contribution >= 4 is 0 Å². The highest BCUT2D eigenvalue weighted by Gasteiger charge is 2.25. The molecule has 1 fully saturated rings. The first kappa shape index (κ1) is 11.6. The molecule has 90 valence electrons. The van der Waals surface area contributed by atoms with E-state index in [1.807, 2.05) is 0 Å². The number of hydrogen-bond acceptors (Lipinski definition) is 4. The standard InChI is InChI=1S/C12H20N2O2/c1-9(2)14-5-3-10(4-6-14)12-13-11(7-15)8-16-12/h8-10,15H,3-7H2,1-2H3. The Bertz CT molecular complexity index is 328. The molecule has 1 aromatic rings. The van der Waals surface area contributed by atoms with Crippen molar-refractivity contribution in [1.82, 2.24) is 9.88 Å². The molecule has 0 saturated carbocycles. The number of nitrogens with zero attached hydrogens (tertiary/aromatic N) is 2. The average Bonchev–Trinajstić information content (AvgIpc) is 2.77. The molecular weight excluding hydrogens is 204 g/mol. The topological polar surface area (TPSA) is 49.5 Å². The fourth-order valence-electron chi connectivity index (χ4n) is 2.25. The number of aliphatic hydroxyl groups excluding tert-OH is 1. The molecule has 4 heteroatoms. The summed E-state index contributed by atoms with van der Waals surface area (Å²) in [7, 11) is 0. The van der Waals surface area contributed by atoms with Gasteiger partial charge in [0.1, 0.15) is 12.0 Å². The zero-order valence-electron chi connectivity index (χ0n) is 10.0. The number of hydrogen-bond donors (Lipinski definition) is 1. The summed E-state index contributed by atoms with van der Waals surface area (Å²) >= 11 is 0. The second kappa shape index (κ2) is 4.97. The van der Waals surface area contributed by atoms with Crippen LogP contribution in [0.2, 0.25) is 0 Å². The van der Waals surface area contributed by atoms with Gasteiger partial charge in [-0.05, 0) is 39.8 Å². The second-order valence-electron chi connectivity index (χ2n) is 4.74. The highest BCUT2D eigenvalue weighted by molar-refractivity contribution is 5.01. The Morgan fingerprint density at radius 2 is 2.19 bits per heavy atom. The Kier molecular flexibility index (Phi) is 3.61. The molecule has 0 bridgehead atoms. The lowest BCUT2D eigenvalue weighted by atomic mass is 9.96. The first-order valence-electron chi connectivity index (χ1n) is 6.00.